The van der Waals surface area contributed by atoms with Crippen LogP contribution in [0.3, 0.4) is 0 Å². The van der Waals surface area contributed by atoms with Crippen LogP contribution in [0.5, 0.6) is 0 Å². The fraction of sp³-hybridized carbons (Fsp3) is 0. The van der Waals surface area contributed by atoms with Crippen molar-refractivity contribution in [2.24, 2.45) is 0 Å². The molecule has 0 aromatic heterocycles. The molecule has 0 spiro atoms. The molecule has 0 aliphatic heterocycles. The predicted octanol–water partition coefficient (Wildman–Crippen LogP) is 4.43. The van der Waals surface area contributed by atoms with E-state index in [0.717, 1.165) is 0 Å². The standard InChI is InChI=1S/C12H8Cl2N2O2/c13-9-3-1-5-11(7-9)15(17)16(18)12-6-2-4-10(14)8-12/h1-8H/b16-15-. The summed E-state index contributed by atoms with van der Waals surface area (Å²) in [5.41, 5.74) is 0.301. The molecule has 0 bridgehead atoms. The Hall–Kier alpha value is -1.78. The minimum Gasteiger partial charge on any atom is -0.561 e. The number of benzene rings is 2. The summed E-state index contributed by atoms with van der Waals surface area (Å²) in [5, 5.41) is 24.4. The van der Waals surface area contributed by atoms with E-state index >= 15 is 0 Å². The van der Waals surface area contributed by atoms with E-state index in [1.54, 1.807) is 24.3 Å². The van der Waals surface area contributed by atoms with Crippen molar-refractivity contribution in [1.29, 1.82) is 0 Å². The third-order valence-electron chi connectivity index (χ3n) is 2.22. The van der Waals surface area contributed by atoms with Gasteiger partial charge in [0, 0.05) is 34.3 Å². The Bertz CT molecular complexity index is 561. The van der Waals surface area contributed by atoms with Gasteiger partial charge in [-0.05, 0) is 12.1 Å². The molecule has 0 amide bonds. The van der Waals surface area contributed by atoms with E-state index in [1.165, 1.54) is 24.3 Å². The van der Waals surface area contributed by atoms with E-state index in [4.69, 9.17) is 23.2 Å². The minimum atomic E-state index is 0.150. The number of nitrogens with zero attached hydrogens (tertiary/aromatic N) is 2. The fourth-order valence-corrected chi connectivity index (χ4v) is 1.77. The van der Waals surface area contributed by atoms with Crippen molar-refractivity contribution in [2.45, 2.75) is 0 Å². The highest BCUT2D eigenvalue weighted by molar-refractivity contribution is 6.31. The van der Waals surface area contributed by atoms with Gasteiger partial charge in [-0.15, -0.1) is 0 Å². The molecule has 4 nitrogen and oxygen atoms in total. The molecular weight excluding hydrogens is 275 g/mol. The molecule has 0 radical (unpaired) electrons. The second-order valence-corrected chi connectivity index (χ2v) is 4.38. The van der Waals surface area contributed by atoms with Gasteiger partial charge in [-0.2, -0.15) is 0 Å². The van der Waals surface area contributed by atoms with E-state index in [9.17, 15) is 10.4 Å². The average Bonchev–Trinajstić information content (AvgIpc) is 2.37. The van der Waals surface area contributed by atoms with Crippen LogP contribution in [-0.2, 0) is 0 Å². The molecule has 0 aliphatic rings. The third kappa shape index (κ3) is 2.72. The van der Waals surface area contributed by atoms with Crippen molar-refractivity contribution >= 4 is 34.6 Å². The maximum absolute atomic E-state index is 11.8. The Morgan fingerprint density at radius 2 is 1.11 bits per heavy atom. The average molecular weight is 283 g/mol. The Morgan fingerprint density at radius 3 is 1.44 bits per heavy atom. The highest BCUT2D eigenvalue weighted by atomic mass is 35.5. The summed E-state index contributed by atoms with van der Waals surface area (Å²) in [6.07, 6.45) is 0. The van der Waals surface area contributed by atoms with Crippen molar-refractivity contribution in [3.8, 4) is 0 Å². The molecule has 0 saturated heterocycles. The molecule has 0 aliphatic carbocycles. The van der Waals surface area contributed by atoms with Crippen LogP contribution in [0.25, 0.3) is 0 Å². The van der Waals surface area contributed by atoms with Gasteiger partial charge in [-0.1, -0.05) is 35.3 Å². The van der Waals surface area contributed by atoms with Gasteiger partial charge in [-0.3, -0.25) is 0 Å². The number of azo groups is 1. The zero-order valence-electron chi connectivity index (χ0n) is 9.09. The maximum Gasteiger partial charge on any atom is 0.289 e. The molecule has 92 valence electrons. The summed E-state index contributed by atoms with van der Waals surface area (Å²) in [5.74, 6) is 0. The molecule has 0 unspecified atom stereocenters. The van der Waals surface area contributed by atoms with Crippen molar-refractivity contribution in [1.82, 2.24) is 0 Å². The van der Waals surface area contributed by atoms with Gasteiger partial charge in [0.1, 0.15) is 0 Å². The van der Waals surface area contributed by atoms with Crippen molar-refractivity contribution in [3.63, 3.8) is 0 Å². The summed E-state index contributed by atoms with van der Waals surface area (Å²) in [7, 11) is 0. The number of halogens is 2. The molecule has 2 aromatic rings. The lowest BCUT2D eigenvalue weighted by Gasteiger charge is -2.03. The smallest absolute Gasteiger partial charge is 0.289 e. The first kappa shape index (κ1) is 12.7. The zero-order valence-corrected chi connectivity index (χ0v) is 10.6. The zero-order chi connectivity index (χ0) is 13.1. The number of hydrogen-bond donors (Lipinski definition) is 0. The molecular formula is C12H8Cl2N2O2. The van der Waals surface area contributed by atoms with E-state index < -0.39 is 0 Å². The van der Waals surface area contributed by atoms with Crippen molar-refractivity contribution < 1.29 is 9.72 Å². The van der Waals surface area contributed by atoms with Crippen LogP contribution in [0.2, 0.25) is 10.0 Å². The normalized spacial score (nSPS) is 12.1. The van der Waals surface area contributed by atoms with Crippen LogP contribution in [-0.4, -0.2) is 9.72 Å². The largest absolute Gasteiger partial charge is 0.561 e. The van der Waals surface area contributed by atoms with E-state index in [1.807, 2.05) is 0 Å². The van der Waals surface area contributed by atoms with Gasteiger partial charge < -0.3 is 10.4 Å². The highest BCUT2D eigenvalue weighted by Crippen LogP contribution is 2.22. The van der Waals surface area contributed by atoms with Gasteiger partial charge in [0.15, 0.2) is 0 Å². The molecule has 2 aromatic carbocycles. The lowest BCUT2D eigenvalue weighted by Crippen LogP contribution is -2.08. The topological polar surface area (TPSA) is 52.1 Å². The monoisotopic (exact) mass is 282 g/mol. The van der Waals surface area contributed by atoms with E-state index in [0.29, 0.717) is 10.0 Å². The summed E-state index contributed by atoms with van der Waals surface area (Å²) < 4.78 is 0. The lowest BCUT2D eigenvalue weighted by atomic mass is 10.3. The summed E-state index contributed by atoms with van der Waals surface area (Å²) in [4.78, 5) is 0.412. The molecule has 0 N–H and O–H groups in total. The second-order valence-electron chi connectivity index (χ2n) is 3.51. The summed E-state index contributed by atoms with van der Waals surface area (Å²) in [6, 6.07) is 12.2. The Kier molecular flexibility index (Phi) is 3.69. The van der Waals surface area contributed by atoms with Crippen molar-refractivity contribution in [3.05, 3.63) is 69.0 Å². The van der Waals surface area contributed by atoms with Crippen LogP contribution in [0.1, 0.15) is 0 Å². The van der Waals surface area contributed by atoms with Gasteiger partial charge >= 0.3 is 0 Å². The van der Waals surface area contributed by atoms with Crippen LogP contribution in [0, 0.1) is 10.4 Å². The van der Waals surface area contributed by atoms with E-state index in [2.05, 4.69) is 0 Å². The molecule has 6 heteroatoms. The first-order valence-electron chi connectivity index (χ1n) is 5.03. The molecule has 0 saturated carbocycles. The van der Waals surface area contributed by atoms with Gasteiger partial charge in [0.2, 0.25) is 0 Å². The quantitative estimate of drug-likeness (QED) is 0.465. The summed E-state index contributed by atoms with van der Waals surface area (Å²) >= 11 is 11.5. The number of rotatable bonds is 2. The predicted molar refractivity (Wildman–Crippen MR) is 69.5 cm³/mol. The second kappa shape index (κ2) is 5.25. The molecule has 2 rings (SSSR count). The van der Waals surface area contributed by atoms with Crippen LogP contribution < -0.4 is 0 Å². The van der Waals surface area contributed by atoms with E-state index in [-0.39, 0.29) is 21.1 Å². The lowest BCUT2D eigenvalue weighted by molar-refractivity contribution is -0.896. The minimum absolute atomic E-state index is 0.150. The SMILES string of the molecule is [O-]/[N+](c1cccc(Cl)c1)=[N+](\[O-])c1cccc(Cl)c1. The first-order valence-corrected chi connectivity index (χ1v) is 5.79. The third-order valence-corrected chi connectivity index (χ3v) is 2.69. The Labute approximate surface area is 113 Å². The Balaban J connectivity index is 2.47. The molecule has 0 fully saturated rings. The Morgan fingerprint density at radius 1 is 0.722 bits per heavy atom. The van der Waals surface area contributed by atoms with Crippen LogP contribution in [0.4, 0.5) is 11.4 Å². The highest BCUT2D eigenvalue weighted by Gasteiger charge is 2.15. The first-order chi connectivity index (χ1) is 8.58. The van der Waals surface area contributed by atoms with Crippen LogP contribution in [0.15, 0.2) is 48.5 Å². The van der Waals surface area contributed by atoms with Gasteiger partial charge in [-0.25, -0.2) is 0 Å². The molecule has 0 atom stereocenters. The van der Waals surface area contributed by atoms with Gasteiger partial charge in [0.05, 0.1) is 9.72 Å². The number of hydrogen-bond acceptors (Lipinski definition) is 2. The van der Waals surface area contributed by atoms with Gasteiger partial charge in [0.25, 0.3) is 11.4 Å². The molecule has 18 heavy (non-hydrogen) atoms. The fourth-order valence-electron chi connectivity index (χ4n) is 1.40. The summed E-state index contributed by atoms with van der Waals surface area (Å²) in [6.45, 7) is 0. The van der Waals surface area contributed by atoms with Crippen molar-refractivity contribution in [2.75, 3.05) is 0 Å². The maximum atomic E-state index is 11.8. The molecule has 0 heterocycles. The van der Waals surface area contributed by atoms with Crippen LogP contribution >= 0.6 is 23.2 Å².